The van der Waals surface area contributed by atoms with Crippen LogP contribution in [0, 0.1) is 6.92 Å². The van der Waals surface area contributed by atoms with Crippen LogP contribution in [-0.4, -0.2) is 28.8 Å². The number of ether oxygens (including phenoxy) is 1. The first-order chi connectivity index (χ1) is 6.98. The monoisotopic (exact) mass is 211 g/mol. The van der Waals surface area contributed by atoms with E-state index in [1.165, 1.54) is 0 Å². The fraction of sp³-hybridized carbons (Fsp3) is 0.727. The molecule has 1 heterocycles. The van der Waals surface area contributed by atoms with E-state index in [2.05, 4.69) is 28.7 Å². The summed E-state index contributed by atoms with van der Waals surface area (Å²) in [5, 5.41) is 3.08. The minimum Gasteiger partial charge on any atom is -0.374 e. The van der Waals surface area contributed by atoms with Crippen molar-refractivity contribution in [3.05, 3.63) is 11.9 Å². The largest absolute Gasteiger partial charge is 0.374 e. The predicted molar refractivity (Wildman–Crippen MR) is 62.2 cm³/mol. The predicted octanol–water partition coefficient (Wildman–Crippen LogP) is 2.05. The lowest BCUT2D eigenvalue weighted by molar-refractivity contribution is -0.0220. The fourth-order valence-corrected chi connectivity index (χ4v) is 1.71. The Balaban J connectivity index is 2.78. The zero-order valence-electron chi connectivity index (χ0n) is 10.3. The summed E-state index contributed by atoms with van der Waals surface area (Å²) in [4.78, 5) is 4.37. The molecule has 0 radical (unpaired) electrons. The van der Waals surface area contributed by atoms with Gasteiger partial charge >= 0.3 is 0 Å². The highest BCUT2D eigenvalue weighted by Gasteiger charge is 2.20. The van der Waals surface area contributed by atoms with Crippen molar-refractivity contribution in [1.82, 2.24) is 9.55 Å². The van der Waals surface area contributed by atoms with Crippen LogP contribution in [0.3, 0.4) is 0 Å². The Bertz CT molecular complexity index is 318. The van der Waals surface area contributed by atoms with Gasteiger partial charge in [-0.25, -0.2) is 4.98 Å². The first-order valence-electron chi connectivity index (χ1n) is 5.34. The quantitative estimate of drug-likeness (QED) is 0.810. The number of imidazole rings is 1. The molecular weight excluding hydrogens is 190 g/mol. The van der Waals surface area contributed by atoms with Crippen LogP contribution in [0.1, 0.15) is 26.5 Å². The second-order valence-electron chi connectivity index (χ2n) is 4.28. The van der Waals surface area contributed by atoms with Crippen molar-refractivity contribution in [3.63, 3.8) is 0 Å². The highest BCUT2D eigenvalue weighted by Crippen LogP contribution is 2.16. The van der Waals surface area contributed by atoms with Crippen LogP contribution in [0.4, 0.5) is 5.95 Å². The molecule has 0 unspecified atom stereocenters. The zero-order valence-corrected chi connectivity index (χ0v) is 10.3. The number of aryl methyl sites for hydroxylation is 1. The van der Waals surface area contributed by atoms with Gasteiger partial charge in [0.25, 0.3) is 0 Å². The molecule has 86 valence electrons. The molecule has 0 saturated heterocycles. The van der Waals surface area contributed by atoms with Gasteiger partial charge in [-0.1, -0.05) is 0 Å². The van der Waals surface area contributed by atoms with Crippen LogP contribution in [0.2, 0.25) is 0 Å². The normalized spacial score (nSPS) is 11.8. The standard InChI is InChI=1S/C11H21N3O/c1-6-15-11(3,4)8-14-7-9(2)13-10(14)12-5/h7H,6,8H2,1-5H3,(H,12,13). The third-order valence-electron chi connectivity index (χ3n) is 2.21. The van der Waals surface area contributed by atoms with E-state index < -0.39 is 0 Å². The van der Waals surface area contributed by atoms with Crippen LogP contribution in [0.25, 0.3) is 0 Å². The maximum atomic E-state index is 5.67. The molecule has 0 bridgehead atoms. The number of aromatic nitrogens is 2. The van der Waals surface area contributed by atoms with Crippen LogP contribution in [-0.2, 0) is 11.3 Å². The highest BCUT2D eigenvalue weighted by molar-refractivity contribution is 5.27. The molecule has 1 N–H and O–H groups in total. The summed E-state index contributed by atoms with van der Waals surface area (Å²) >= 11 is 0. The summed E-state index contributed by atoms with van der Waals surface area (Å²) in [7, 11) is 1.88. The minimum atomic E-state index is -0.159. The number of anilines is 1. The van der Waals surface area contributed by atoms with E-state index in [0.29, 0.717) is 0 Å². The van der Waals surface area contributed by atoms with E-state index in [9.17, 15) is 0 Å². The lowest BCUT2D eigenvalue weighted by Gasteiger charge is -2.25. The number of nitrogens with zero attached hydrogens (tertiary/aromatic N) is 2. The Morgan fingerprint density at radius 1 is 1.53 bits per heavy atom. The smallest absolute Gasteiger partial charge is 0.202 e. The first kappa shape index (κ1) is 12.0. The van der Waals surface area contributed by atoms with Crippen molar-refractivity contribution < 1.29 is 4.74 Å². The van der Waals surface area contributed by atoms with Gasteiger partial charge in [0.05, 0.1) is 17.8 Å². The van der Waals surface area contributed by atoms with Gasteiger partial charge in [-0.05, 0) is 27.7 Å². The van der Waals surface area contributed by atoms with Gasteiger partial charge in [0.1, 0.15) is 0 Å². The molecule has 0 spiro atoms. The van der Waals surface area contributed by atoms with Crippen molar-refractivity contribution in [3.8, 4) is 0 Å². The van der Waals surface area contributed by atoms with Gasteiger partial charge in [-0.2, -0.15) is 0 Å². The van der Waals surface area contributed by atoms with Crippen molar-refractivity contribution in [2.75, 3.05) is 19.0 Å². The van der Waals surface area contributed by atoms with E-state index in [-0.39, 0.29) is 5.60 Å². The van der Waals surface area contributed by atoms with Crippen LogP contribution >= 0.6 is 0 Å². The van der Waals surface area contributed by atoms with Crippen molar-refractivity contribution in [1.29, 1.82) is 0 Å². The maximum absolute atomic E-state index is 5.67. The molecule has 0 aliphatic heterocycles. The summed E-state index contributed by atoms with van der Waals surface area (Å²) in [5.74, 6) is 0.889. The molecule has 4 nitrogen and oxygen atoms in total. The molecule has 0 aliphatic carbocycles. The summed E-state index contributed by atoms with van der Waals surface area (Å²) < 4.78 is 7.75. The summed E-state index contributed by atoms with van der Waals surface area (Å²) in [5.41, 5.74) is 0.861. The summed E-state index contributed by atoms with van der Waals surface area (Å²) in [6, 6.07) is 0. The Morgan fingerprint density at radius 2 is 2.20 bits per heavy atom. The zero-order chi connectivity index (χ0) is 11.5. The number of rotatable bonds is 5. The molecule has 0 amide bonds. The molecule has 0 saturated carbocycles. The Kier molecular flexibility index (Phi) is 3.74. The van der Waals surface area contributed by atoms with Crippen LogP contribution in [0.15, 0.2) is 6.20 Å². The molecule has 4 heteroatoms. The third kappa shape index (κ3) is 3.23. The van der Waals surface area contributed by atoms with E-state index in [1.54, 1.807) is 0 Å². The lowest BCUT2D eigenvalue weighted by Crippen LogP contribution is -2.30. The van der Waals surface area contributed by atoms with E-state index in [1.807, 2.05) is 27.1 Å². The van der Waals surface area contributed by atoms with Gasteiger partial charge in [0.15, 0.2) is 0 Å². The maximum Gasteiger partial charge on any atom is 0.202 e. The van der Waals surface area contributed by atoms with Crippen molar-refractivity contribution in [2.24, 2.45) is 0 Å². The molecule has 1 aromatic rings. The second kappa shape index (κ2) is 4.66. The molecular formula is C11H21N3O. The third-order valence-corrected chi connectivity index (χ3v) is 2.21. The average Bonchev–Trinajstić information content (AvgIpc) is 2.44. The summed E-state index contributed by atoms with van der Waals surface area (Å²) in [6.45, 7) is 9.72. The van der Waals surface area contributed by atoms with Gasteiger partial charge in [-0.3, -0.25) is 0 Å². The second-order valence-corrected chi connectivity index (χ2v) is 4.28. The van der Waals surface area contributed by atoms with Gasteiger partial charge in [0, 0.05) is 19.9 Å². The fourth-order valence-electron chi connectivity index (χ4n) is 1.71. The Hall–Kier alpha value is -1.03. The topological polar surface area (TPSA) is 39.1 Å². The Labute approximate surface area is 91.7 Å². The van der Waals surface area contributed by atoms with E-state index in [4.69, 9.17) is 4.74 Å². The SMILES string of the molecule is CCOC(C)(C)Cn1cc(C)nc1NC. The molecule has 15 heavy (non-hydrogen) atoms. The van der Waals surface area contributed by atoms with Gasteiger partial charge < -0.3 is 14.6 Å². The van der Waals surface area contributed by atoms with Gasteiger partial charge in [0.2, 0.25) is 5.95 Å². The summed E-state index contributed by atoms with van der Waals surface area (Å²) in [6.07, 6.45) is 2.03. The van der Waals surface area contributed by atoms with E-state index >= 15 is 0 Å². The highest BCUT2D eigenvalue weighted by atomic mass is 16.5. The number of hydrogen-bond acceptors (Lipinski definition) is 3. The molecule has 1 aromatic heterocycles. The van der Waals surface area contributed by atoms with Crippen LogP contribution < -0.4 is 5.32 Å². The molecule has 0 aliphatic rings. The minimum absolute atomic E-state index is 0.159. The Morgan fingerprint density at radius 3 is 2.73 bits per heavy atom. The molecule has 0 aromatic carbocycles. The molecule has 0 atom stereocenters. The lowest BCUT2D eigenvalue weighted by atomic mass is 10.1. The van der Waals surface area contributed by atoms with E-state index in [0.717, 1.165) is 24.8 Å². The average molecular weight is 211 g/mol. The number of hydrogen-bond donors (Lipinski definition) is 1. The van der Waals surface area contributed by atoms with Crippen LogP contribution in [0.5, 0.6) is 0 Å². The molecule has 0 fully saturated rings. The van der Waals surface area contributed by atoms with Crippen molar-refractivity contribution >= 4 is 5.95 Å². The van der Waals surface area contributed by atoms with Gasteiger partial charge in [-0.15, -0.1) is 0 Å². The first-order valence-corrected chi connectivity index (χ1v) is 5.34. The van der Waals surface area contributed by atoms with Crippen molar-refractivity contribution in [2.45, 2.75) is 39.8 Å². The number of nitrogens with one attached hydrogen (secondary N) is 1. The molecule has 1 rings (SSSR count).